The molecule has 0 amide bonds. The average Bonchev–Trinajstić information content (AvgIpc) is 2.99. The summed E-state index contributed by atoms with van der Waals surface area (Å²) in [5.41, 5.74) is 0.0680. The van der Waals surface area contributed by atoms with Crippen LogP contribution in [0.3, 0.4) is 0 Å². The molecule has 0 saturated carbocycles. The van der Waals surface area contributed by atoms with E-state index in [1.807, 2.05) is 30.3 Å². The number of benzene rings is 4. The van der Waals surface area contributed by atoms with E-state index in [1.165, 1.54) is 43.5 Å². The van der Waals surface area contributed by atoms with Gasteiger partial charge in [0.2, 0.25) is 9.84 Å². The van der Waals surface area contributed by atoms with Crippen molar-refractivity contribution in [1.29, 1.82) is 0 Å². The van der Waals surface area contributed by atoms with Gasteiger partial charge in [-0.15, -0.1) is 0 Å². The van der Waals surface area contributed by atoms with E-state index in [2.05, 4.69) is 4.74 Å². The van der Waals surface area contributed by atoms with Crippen LogP contribution >= 0.6 is 0 Å². The summed E-state index contributed by atoms with van der Waals surface area (Å²) in [6.07, 6.45) is 0. The number of ether oxygens (including phenoxy) is 4. The second-order valence-corrected chi connectivity index (χ2v) is 11.3. The van der Waals surface area contributed by atoms with E-state index in [-0.39, 0.29) is 23.0 Å². The molecular formula is C31H30O8S. The van der Waals surface area contributed by atoms with Gasteiger partial charge in [0.15, 0.2) is 0 Å². The minimum atomic E-state index is -3.74. The zero-order valence-corrected chi connectivity index (χ0v) is 23.0. The van der Waals surface area contributed by atoms with Gasteiger partial charge in [0, 0.05) is 0 Å². The first-order valence-electron chi connectivity index (χ1n) is 12.4. The summed E-state index contributed by atoms with van der Waals surface area (Å²) >= 11 is 0. The van der Waals surface area contributed by atoms with Crippen molar-refractivity contribution in [2.45, 2.75) is 28.9 Å². The molecule has 4 aromatic carbocycles. The predicted molar refractivity (Wildman–Crippen MR) is 149 cm³/mol. The first-order chi connectivity index (χ1) is 19.2. The van der Waals surface area contributed by atoms with E-state index in [9.17, 15) is 18.3 Å². The highest BCUT2D eigenvalue weighted by Crippen LogP contribution is 2.26. The maximum absolute atomic E-state index is 13.1. The third kappa shape index (κ3) is 7.62. The molecule has 1 N–H and O–H groups in total. The van der Waals surface area contributed by atoms with E-state index in [0.717, 1.165) is 5.56 Å². The molecule has 208 valence electrons. The fourth-order valence-electron chi connectivity index (χ4n) is 3.63. The Morgan fingerprint density at radius 2 is 1.15 bits per heavy atom. The highest BCUT2D eigenvalue weighted by atomic mass is 32.2. The molecule has 4 rings (SSSR count). The van der Waals surface area contributed by atoms with Crippen molar-refractivity contribution in [1.82, 2.24) is 0 Å². The van der Waals surface area contributed by atoms with E-state index >= 15 is 0 Å². The van der Waals surface area contributed by atoms with Gasteiger partial charge in [-0.3, -0.25) is 0 Å². The van der Waals surface area contributed by atoms with Crippen LogP contribution in [0.4, 0.5) is 0 Å². The zero-order chi connectivity index (χ0) is 28.6. The lowest BCUT2D eigenvalue weighted by atomic mass is 10.1. The Bertz CT molecular complexity index is 1500. The minimum absolute atomic E-state index is 0.0674. The Labute approximate surface area is 233 Å². The smallest absolute Gasteiger partial charge is 0.337 e. The molecule has 8 nitrogen and oxygen atoms in total. The van der Waals surface area contributed by atoms with Crippen LogP contribution in [-0.4, -0.2) is 45.4 Å². The maximum atomic E-state index is 13.1. The van der Waals surface area contributed by atoms with Gasteiger partial charge in [0.1, 0.15) is 42.7 Å². The Kier molecular flexibility index (Phi) is 9.08. The van der Waals surface area contributed by atoms with Crippen molar-refractivity contribution < 1.29 is 37.3 Å². The number of carbonyl (C=O) groups is 1. The van der Waals surface area contributed by atoms with E-state index in [4.69, 9.17) is 14.2 Å². The Morgan fingerprint density at radius 1 is 0.700 bits per heavy atom. The fraction of sp³-hybridized carbons (Fsp3) is 0.194. The van der Waals surface area contributed by atoms with Crippen molar-refractivity contribution in [3.8, 4) is 17.2 Å². The molecule has 1 unspecified atom stereocenters. The first kappa shape index (κ1) is 28.7. The lowest BCUT2D eigenvalue weighted by Gasteiger charge is -2.23. The van der Waals surface area contributed by atoms with Crippen LogP contribution in [0.2, 0.25) is 0 Å². The summed E-state index contributed by atoms with van der Waals surface area (Å²) in [6, 6.07) is 28.3. The van der Waals surface area contributed by atoms with E-state index < -0.39 is 21.4 Å². The van der Waals surface area contributed by atoms with Crippen LogP contribution in [-0.2, 0) is 21.2 Å². The van der Waals surface area contributed by atoms with Crippen molar-refractivity contribution >= 4 is 15.8 Å². The van der Waals surface area contributed by atoms with Crippen LogP contribution in [0.5, 0.6) is 17.2 Å². The van der Waals surface area contributed by atoms with E-state index in [1.54, 1.807) is 43.3 Å². The highest BCUT2D eigenvalue weighted by molar-refractivity contribution is 7.91. The van der Waals surface area contributed by atoms with Gasteiger partial charge in [-0.25, -0.2) is 13.2 Å². The molecule has 0 saturated heterocycles. The lowest BCUT2D eigenvalue weighted by Crippen LogP contribution is -2.38. The summed E-state index contributed by atoms with van der Waals surface area (Å²) < 4.78 is 47.9. The first-order valence-corrected chi connectivity index (χ1v) is 13.9. The molecule has 0 bridgehead atoms. The van der Waals surface area contributed by atoms with Crippen LogP contribution in [0.15, 0.2) is 113 Å². The van der Waals surface area contributed by atoms with Crippen molar-refractivity contribution in [3.63, 3.8) is 0 Å². The molecule has 0 radical (unpaired) electrons. The number of hydrogen-bond donors (Lipinski definition) is 1. The molecule has 0 fully saturated rings. The maximum Gasteiger partial charge on any atom is 0.337 e. The molecule has 0 spiro atoms. The summed E-state index contributed by atoms with van der Waals surface area (Å²) in [4.78, 5) is 11.8. The molecular weight excluding hydrogens is 532 g/mol. The zero-order valence-electron chi connectivity index (χ0n) is 22.1. The molecule has 0 aliphatic rings. The van der Waals surface area contributed by atoms with Crippen LogP contribution in [0, 0.1) is 0 Å². The molecule has 4 aromatic rings. The molecule has 0 heterocycles. The van der Waals surface area contributed by atoms with Crippen molar-refractivity contribution in [2.24, 2.45) is 0 Å². The predicted octanol–water partition coefficient (Wildman–Crippen LogP) is 5.09. The van der Waals surface area contributed by atoms with Gasteiger partial charge >= 0.3 is 5.97 Å². The topological polar surface area (TPSA) is 108 Å². The number of hydrogen-bond acceptors (Lipinski definition) is 8. The molecule has 0 aliphatic carbocycles. The van der Waals surface area contributed by atoms with Gasteiger partial charge in [0.25, 0.3) is 0 Å². The van der Waals surface area contributed by atoms with Crippen molar-refractivity contribution in [2.75, 3.05) is 20.3 Å². The summed E-state index contributed by atoms with van der Waals surface area (Å²) in [7, 11) is -2.44. The molecule has 1 atom stereocenters. The third-order valence-electron chi connectivity index (χ3n) is 5.89. The van der Waals surface area contributed by atoms with Gasteiger partial charge < -0.3 is 24.1 Å². The number of methoxy groups -OCH3 is 1. The Hall–Kier alpha value is -4.34. The number of esters is 1. The summed E-state index contributed by atoms with van der Waals surface area (Å²) in [5, 5.41) is 10.6. The van der Waals surface area contributed by atoms with Gasteiger partial charge in [0.05, 0.1) is 22.5 Å². The molecule has 0 aliphatic heterocycles. The van der Waals surface area contributed by atoms with Crippen molar-refractivity contribution in [3.05, 3.63) is 114 Å². The largest absolute Gasteiger partial charge is 0.490 e. The average molecular weight is 563 g/mol. The SMILES string of the molecule is COC(=O)c1ccc(OCC(C)(O)COc2ccc(S(=O)(=O)c3ccc(OCc4ccccc4)cc3)cc2)cc1. The number of carbonyl (C=O) groups excluding carboxylic acids is 1. The fourth-order valence-corrected chi connectivity index (χ4v) is 4.89. The lowest BCUT2D eigenvalue weighted by molar-refractivity contribution is -0.0247. The minimum Gasteiger partial charge on any atom is -0.490 e. The normalized spacial score (nSPS) is 12.7. The summed E-state index contributed by atoms with van der Waals surface area (Å²) in [5.74, 6) is 0.984. The number of sulfone groups is 1. The molecule has 9 heteroatoms. The summed E-state index contributed by atoms with van der Waals surface area (Å²) in [6.45, 7) is 1.78. The highest BCUT2D eigenvalue weighted by Gasteiger charge is 2.23. The Balaban J connectivity index is 1.30. The van der Waals surface area contributed by atoms with E-state index in [0.29, 0.717) is 29.4 Å². The van der Waals surface area contributed by atoms with Gasteiger partial charge in [-0.2, -0.15) is 0 Å². The molecule has 40 heavy (non-hydrogen) atoms. The quantitative estimate of drug-likeness (QED) is 0.238. The van der Waals surface area contributed by atoms with Gasteiger partial charge in [-0.1, -0.05) is 30.3 Å². The third-order valence-corrected chi connectivity index (χ3v) is 7.68. The van der Waals surface area contributed by atoms with Crippen LogP contribution < -0.4 is 14.2 Å². The number of rotatable bonds is 12. The molecule has 0 aromatic heterocycles. The second kappa shape index (κ2) is 12.7. The van der Waals surface area contributed by atoms with Crippen LogP contribution in [0.25, 0.3) is 0 Å². The van der Waals surface area contributed by atoms with Crippen LogP contribution in [0.1, 0.15) is 22.8 Å². The standard InChI is InChI=1S/C31H30O8S/c1-31(33,21-38-26-10-8-24(9-11-26)30(32)36-2)22-39-27-14-18-29(19-15-27)40(34,35)28-16-12-25(13-17-28)37-20-23-6-4-3-5-7-23/h3-19,33H,20-22H2,1-2H3. The van der Waals surface area contributed by atoms with Gasteiger partial charge in [-0.05, 0) is 85.3 Å². The Morgan fingerprint density at radius 3 is 1.62 bits per heavy atom. The monoisotopic (exact) mass is 562 g/mol. The second-order valence-electron chi connectivity index (χ2n) is 9.31. The number of aliphatic hydroxyl groups is 1.